The van der Waals surface area contributed by atoms with Crippen molar-refractivity contribution >= 4 is 11.6 Å². The molecule has 4 rings (SSSR count). The van der Waals surface area contributed by atoms with Crippen LogP contribution in [0.1, 0.15) is 18.2 Å². The number of β-lactam (4-membered cyclic amide) rings is 1. The first-order valence-corrected chi connectivity index (χ1v) is 9.20. The number of hydrogen-bond acceptors (Lipinski definition) is 4. The predicted octanol–water partition coefficient (Wildman–Crippen LogP) is 3.94. The van der Waals surface area contributed by atoms with Gasteiger partial charge < -0.3 is 9.47 Å². The van der Waals surface area contributed by atoms with Gasteiger partial charge in [0, 0.05) is 11.9 Å². The van der Waals surface area contributed by atoms with Gasteiger partial charge in [-0.3, -0.25) is 14.7 Å². The average molecular weight is 374 g/mol. The van der Waals surface area contributed by atoms with E-state index in [-0.39, 0.29) is 5.91 Å². The summed E-state index contributed by atoms with van der Waals surface area (Å²) in [5, 5.41) is 0. The Morgan fingerprint density at radius 1 is 1.00 bits per heavy atom. The molecule has 28 heavy (non-hydrogen) atoms. The van der Waals surface area contributed by atoms with Crippen LogP contribution < -0.4 is 9.64 Å². The summed E-state index contributed by atoms with van der Waals surface area (Å²) in [7, 11) is 1.62. The molecule has 2 aromatic carbocycles. The van der Waals surface area contributed by atoms with Crippen LogP contribution in [0.5, 0.6) is 5.75 Å². The first-order valence-electron chi connectivity index (χ1n) is 9.20. The summed E-state index contributed by atoms with van der Waals surface area (Å²) in [5.41, 5.74) is 1.92. The van der Waals surface area contributed by atoms with E-state index in [1.807, 2.05) is 79.7 Å². The quantitative estimate of drug-likeness (QED) is 0.614. The van der Waals surface area contributed by atoms with Crippen molar-refractivity contribution < 1.29 is 14.3 Å². The van der Waals surface area contributed by atoms with Gasteiger partial charge in [-0.05, 0) is 48.9 Å². The number of hydrogen-bond donors (Lipinski definition) is 0. The molecule has 0 spiro atoms. The first kappa shape index (κ1) is 18.2. The predicted molar refractivity (Wildman–Crippen MR) is 107 cm³/mol. The summed E-state index contributed by atoms with van der Waals surface area (Å²) in [5.74, 6) is 0.669. The third-order valence-electron chi connectivity index (χ3n) is 5.19. The Bertz CT molecular complexity index is 945. The summed E-state index contributed by atoms with van der Waals surface area (Å²) >= 11 is 0. The minimum Gasteiger partial charge on any atom is -0.497 e. The van der Waals surface area contributed by atoms with Crippen molar-refractivity contribution in [1.82, 2.24) is 4.98 Å². The molecule has 1 aliphatic heterocycles. The van der Waals surface area contributed by atoms with E-state index in [9.17, 15) is 4.79 Å². The van der Waals surface area contributed by atoms with Gasteiger partial charge >= 0.3 is 0 Å². The van der Waals surface area contributed by atoms with E-state index in [0.717, 1.165) is 22.7 Å². The molecule has 0 aliphatic carbocycles. The summed E-state index contributed by atoms with van der Waals surface area (Å²) < 4.78 is 11.3. The molecule has 5 heteroatoms. The summed E-state index contributed by atoms with van der Waals surface area (Å²) in [6.45, 7) is 2.37. The molecule has 5 nitrogen and oxygen atoms in total. The van der Waals surface area contributed by atoms with Gasteiger partial charge in [-0.2, -0.15) is 0 Å². The van der Waals surface area contributed by atoms with E-state index in [1.165, 1.54) is 0 Å². The molecule has 1 saturated heterocycles. The highest BCUT2D eigenvalue weighted by Crippen LogP contribution is 2.46. The Kier molecular flexibility index (Phi) is 4.84. The van der Waals surface area contributed by atoms with Gasteiger partial charge in [0.1, 0.15) is 11.3 Å². The van der Waals surface area contributed by atoms with Crippen molar-refractivity contribution in [3.8, 4) is 5.75 Å². The van der Waals surface area contributed by atoms with Crippen LogP contribution in [0.25, 0.3) is 0 Å². The van der Waals surface area contributed by atoms with Crippen LogP contribution in [0.15, 0.2) is 79.0 Å². The van der Waals surface area contributed by atoms with Crippen LogP contribution in [0.3, 0.4) is 0 Å². The number of carbonyl (C=O) groups is 1. The fraction of sp³-hybridized carbons (Fsp3) is 0.217. The second-order valence-corrected chi connectivity index (χ2v) is 6.91. The van der Waals surface area contributed by atoms with Gasteiger partial charge in [0.25, 0.3) is 5.91 Å². The smallest absolute Gasteiger partial charge is 0.259 e. The second kappa shape index (κ2) is 7.44. The lowest BCUT2D eigenvalue weighted by molar-refractivity contribution is -0.152. The topological polar surface area (TPSA) is 51.7 Å². The molecule has 0 saturated carbocycles. The van der Waals surface area contributed by atoms with Crippen LogP contribution in [0, 0.1) is 0 Å². The Labute approximate surface area is 164 Å². The van der Waals surface area contributed by atoms with E-state index in [0.29, 0.717) is 6.61 Å². The van der Waals surface area contributed by atoms with Crippen LogP contribution in [-0.2, 0) is 21.7 Å². The van der Waals surface area contributed by atoms with E-state index in [2.05, 4.69) is 4.98 Å². The molecule has 2 heterocycles. The Hall–Kier alpha value is -3.18. The van der Waals surface area contributed by atoms with E-state index in [1.54, 1.807) is 18.2 Å². The Morgan fingerprint density at radius 3 is 2.36 bits per heavy atom. The third kappa shape index (κ3) is 3.04. The lowest BCUT2D eigenvalue weighted by atomic mass is 9.78. The maximum atomic E-state index is 13.1. The van der Waals surface area contributed by atoms with Crippen molar-refractivity contribution in [2.75, 3.05) is 12.0 Å². The summed E-state index contributed by atoms with van der Waals surface area (Å²) in [4.78, 5) is 19.3. The fourth-order valence-corrected chi connectivity index (χ4v) is 3.66. The highest BCUT2D eigenvalue weighted by Gasteiger charge is 2.60. The minimum atomic E-state index is -0.693. The van der Waals surface area contributed by atoms with Crippen molar-refractivity contribution in [3.63, 3.8) is 0 Å². The van der Waals surface area contributed by atoms with E-state index in [4.69, 9.17) is 9.47 Å². The lowest BCUT2D eigenvalue weighted by Gasteiger charge is -2.54. The number of pyridine rings is 1. The standard InChI is InChI=1S/C23H22N2O3/c1-23(20-10-6-7-15-24-20)21(28-16-17-8-4-3-5-9-17)22(26)25(23)18-11-13-19(27-2)14-12-18/h3-15,21H,16H2,1-2H3. The molecule has 1 amide bonds. The van der Waals surface area contributed by atoms with Crippen molar-refractivity contribution in [2.24, 2.45) is 0 Å². The number of nitrogens with zero attached hydrogens (tertiary/aromatic N) is 2. The van der Waals surface area contributed by atoms with E-state index >= 15 is 0 Å². The molecule has 0 radical (unpaired) electrons. The van der Waals surface area contributed by atoms with Gasteiger partial charge in [-0.1, -0.05) is 36.4 Å². The summed E-state index contributed by atoms with van der Waals surface area (Å²) in [6, 6.07) is 23.0. The zero-order chi connectivity index (χ0) is 19.6. The SMILES string of the molecule is COc1ccc(N2C(=O)C(OCc3ccccc3)C2(C)c2ccccn2)cc1. The van der Waals surface area contributed by atoms with Gasteiger partial charge in [0.05, 0.1) is 19.4 Å². The highest BCUT2D eigenvalue weighted by molar-refractivity contribution is 6.06. The Balaban J connectivity index is 1.65. The van der Waals surface area contributed by atoms with Crippen molar-refractivity contribution in [3.05, 3.63) is 90.3 Å². The number of methoxy groups -OCH3 is 1. The van der Waals surface area contributed by atoms with Gasteiger partial charge in [-0.15, -0.1) is 0 Å². The largest absolute Gasteiger partial charge is 0.497 e. The molecule has 3 aromatic rings. The molecule has 1 fully saturated rings. The maximum Gasteiger partial charge on any atom is 0.259 e. The molecule has 142 valence electrons. The molecule has 1 aliphatic rings. The van der Waals surface area contributed by atoms with Crippen LogP contribution in [-0.4, -0.2) is 24.1 Å². The van der Waals surface area contributed by atoms with Crippen LogP contribution >= 0.6 is 0 Å². The zero-order valence-electron chi connectivity index (χ0n) is 15.9. The molecule has 1 aromatic heterocycles. The van der Waals surface area contributed by atoms with Crippen molar-refractivity contribution in [2.45, 2.75) is 25.2 Å². The first-order chi connectivity index (χ1) is 13.6. The fourth-order valence-electron chi connectivity index (χ4n) is 3.66. The normalized spacial score (nSPS) is 21.3. The number of rotatable bonds is 6. The maximum absolute atomic E-state index is 13.1. The molecule has 0 bridgehead atoms. The molecule has 0 N–H and O–H groups in total. The number of benzene rings is 2. The van der Waals surface area contributed by atoms with Crippen LogP contribution in [0.4, 0.5) is 5.69 Å². The van der Waals surface area contributed by atoms with Gasteiger partial charge in [0.15, 0.2) is 6.10 Å². The molecule has 2 unspecified atom stereocenters. The van der Waals surface area contributed by atoms with Crippen LogP contribution in [0.2, 0.25) is 0 Å². The molecule has 2 atom stereocenters. The third-order valence-corrected chi connectivity index (χ3v) is 5.19. The van der Waals surface area contributed by atoms with Gasteiger partial charge in [0.2, 0.25) is 0 Å². The Morgan fingerprint density at radius 2 is 1.71 bits per heavy atom. The number of ether oxygens (including phenoxy) is 2. The zero-order valence-corrected chi connectivity index (χ0v) is 15.9. The number of amides is 1. The molecular weight excluding hydrogens is 352 g/mol. The molecular formula is C23H22N2O3. The number of anilines is 1. The number of aromatic nitrogens is 1. The van der Waals surface area contributed by atoms with Crippen molar-refractivity contribution in [1.29, 1.82) is 0 Å². The van der Waals surface area contributed by atoms with Gasteiger partial charge in [-0.25, -0.2) is 0 Å². The summed E-state index contributed by atoms with van der Waals surface area (Å²) in [6.07, 6.45) is 1.13. The van der Waals surface area contributed by atoms with E-state index < -0.39 is 11.6 Å². The minimum absolute atomic E-state index is 0.0748. The lowest BCUT2D eigenvalue weighted by Crippen LogP contribution is -2.72. The second-order valence-electron chi connectivity index (χ2n) is 6.91. The monoisotopic (exact) mass is 374 g/mol. The average Bonchev–Trinajstić information content (AvgIpc) is 2.75. The highest BCUT2D eigenvalue weighted by atomic mass is 16.5. The number of carbonyl (C=O) groups excluding carboxylic acids is 1.